The lowest BCUT2D eigenvalue weighted by Gasteiger charge is -2.43. The topological polar surface area (TPSA) is 40.5 Å². The monoisotopic (exact) mass is 253 g/mol. The van der Waals surface area contributed by atoms with Gasteiger partial charge in [-0.15, -0.1) is 0 Å². The van der Waals surface area contributed by atoms with Crippen LogP contribution in [-0.4, -0.2) is 28.2 Å². The summed E-state index contributed by atoms with van der Waals surface area (Å²) in [5.41, 5.74) is 0.410. The molecule has 0 radical (unpaired) electrons. The molecule has 2 saturated carbocycles. The summed E-state index contributed by atoms with van der Waals surface area (Å²) in [6.45, 7) is 4.60. The van der Waals surface area contributed by atoms with Crippen molar-refractivity contribution in [1.82, 2.24) is 4.90 Å². The Kier molecular flexibility index (Phi) is 4.18. The molecule has 2 aliphatic carbocycles. The van der Waals surface area contributed by atoms with Crippen molar-refractivity contribution in [2.24, 2.45) is 5.41 Å². The van der Waals surface area contributed by atoms with Gasteiger partial charge in [0.25, 0.3) is 0 Å². The molecule has 3 nitrogen and oxygen atoms in total. The normalized spacial score (nSPS) is 25.9. The Labute approximate surface area is 111 Å². The first-order valence-corrected chi connectivity index (χ1v) is 7.51. The van der Waals surface area contributed by atoms with E-state index in [9.17, 15) is 9.90 Å². The molecule has 0 saturated heterocycles. The largest absolute Gasteiger partial charge is 0.465 e. The summed E-state index contributed by atoms with van der Waals surface area (Å²) in [7, 11) is 0. The second-order valence-corrected chi connectivity index (χ2v) is 6.88. The smallest absolute Gasteiger partial charge is 0.407 e. The van der Waals surface area contributed by atoms with Gasteiger partial charge in [-0.25, -0.2) is 4.79 Å². The van der Waals surface area contributed by atoms with Crippen molar-refractivity contribution in [3.63, 3.8) is 0 Å². The van der Waals surface area contributed by atoms with Gasteiger partial charge in [0.05, 0.1) is 0 Å². The summed E-state index contributed by atoms with van der Waals surface area (Å²) in [6, 6.07) is 0.570. The van der Waals surface area contributed by atoms with E-state index in [1.54, 1.807) is 0 Å². The zero-order chi connectivity index (χ0) is 13.2. The fraction of sp³-hybridized carbons (Fsp3) is 0.933. The SMILES string of the molecule is CC1(C)CCC(N(C(=O)O)C2CCCCC2)CC1. The predicted molar refractivity (Wildman–Crippen MR) is 72.8 cm³/mol. The third-order valence-electron chi connectivity index (χ3n) is 4.89. The highest BCUT2D eigenvalue weighted by atomic mass is 16.4. The fourth-order valence-electron chi connectivity index (χ4n) is 3.63. The van der Waals surface area contributed by atoms with Gasteiger partial charge in [0.1, 0.15) is 0 Å². The lowest BCUT2D eigenvalue weighted by Crippen LogP contribution is -2.49. The van der Waals surface area contributed by atoms with Crippen molar-refractivity contribution in [3.8, 4) is 0 Å². The van der Waals surface area contributed by atoms with E-state index < -0.39 is 6.09 Å². The van der Waals surface area contributed by atoms with Gasteiger partial charge in [-0.05, 0) is 43.9 Å². The zero-order valence-electron chi connectivity index (χ0n) is 11.8. The van der Waals surface area contributed by atoms with E-state index in [1.807, 2.05) is 4.90 Å². The van der Waals surface area contributed by atoms with Crippen molar-refractivity contribution in [2.75, 3.05) is 0 Å². The van der Waals surface area contributed by atoms with Gasteiger partial charge < -0.3 is 10.0 Å². The minimum Gasteiger partial charge on any atom is -0.465 e. The van der Waals surface area contributed by atoms with Crippen molar-refractivity contribution < 1.29 is 9.90 Å². The highest BCUT2D eigenvalue weighted by Crippen LogP contribution is 2.38. The van der Waals surface area contributed by atoms with Crippen molar-refractivity contribution in [3.05, 3.63) is 0 Å². The van der Waals surface area contributed by atoms with Gasteiger partial charge in [-0.1, -0.05) is 33.1 Å². The van der Waals surface area contributed by atoms with Gasteiger partial charge in [0.2, 0.25) is 0 Å². The van der Waals surface area contributed by atoms with E-state index in [-0.39, 0.29) is 6.04 Å². The summed E-state index contributed by atoms with van der Waals surface area (Å²) in [5, 5.41) is 9.53. The number of carboxylic acid groups (broad SMARTS) is 1. The lowest BCUT2D eigenvalue weighted by molar-refractivity contribution is 0.0531. The highest BCUT2D eigenvalue weighted by Gasteiger charge is 2.36. The Morgan fingerprint density at radius 2 is 1.50 bits per heavy atom. The number of carbonyl (C=O) groups is 1. The Balaban J connectivity index is 1.99. The summed E-state index contributed by atoms with van der Waals surface area (Å²) in [6.07, 6.45) is 9.57. The average molecular weight is 253 g/mol. The van der Waals surface area contributed by atoms with Crippen LogP contribution in [0.15, 0.2) is 0 Å². The molecule has 0 heterocycles. The van der Waals surface area contributed by atoms with E-state index in [0.717, 1.165) is 38.5 Å². The molecule has 3 heteroatoms. The minimum atomic E-state index is -0.688. The van der Waals surface area contributed by atoms with Crippen LogP contribution in [0.2, 0.25) is 0 Å². The first-order valence-electron chi connectivity index (χ1n) is 7.51. The molecule has 2 aliphatic rings. The first-order chi connectivity index (χ1) is 8.49. The molecule has 2 fully saturated rings. The van der Waals surface area contributed by atoms with Crippen LogP contribution in [0.1, 0.15) is 71.6 Å². The van der Waals surface area contributed by atoms with Crippen LogP contribution in [0, 0.1) is 5.41 Å². The standard InChI is InChI=1S/C15H27NO2/c1-15(2)10-8-13(9-11-15)16(14(17)18)12-6-4-3-5-7-12/h12-13H,3-11H2,1-2H3,(H,17,18). The van der Waals surface area contributed by atoms with Crippen molar-refractivity contribution in [1.29, 1.82) is 0 Å². The van der Waals surface area contributed by atoms with Crippen molar-refractivity contribution >= 4 is 6.09 Å². The minimum absolute atomic E-state index is 0.277. The molecule has 0 aromatic carbocycles. The van der Waals surface area contributed by atoms with Gasteiger partial charge in [-0.2, -0.15) is 0 Å². The maximum absolute atomic E-state index is 11.6. The molecule has 0 aliphatic heterocycles. The van der Waals surface area contributed by atoms with E-state index in [4.69, 9.17) is 0 Å². The Morgan fingerprint density at radius 1 is 1.00 bits per heavy atom. The quantitative estimate of drug-likeness (QED) is 0.798. The Morgan fingerprint density at radius 3 is 2.00 bits per heavy atom. The summed E-state index contributed by atoms with van der Waals surface area (Å²) < 4.78 is 0. The highest BCUT2D eigenvalue weighted by molar-refractivity contribution is 5.66. The fourth-order valence-corrected chi connectivity index (χ4v) is 3.63. The molecule has 0 atom stereocenters. The van der Waals surface area contributed by atoms with Crippen LogP contribution in [0.5, 0.6) is 0 Å². The molecule has 0 bridgehead atoms. The maximum Gasteiger partial charge on any atom is 0.407 e. The third-order valence-corrected chi connectivity index (χ3v) is 4.89. The molecule has 104 valence electrons. The number of hydrogen-bond donors (Lipinski definition) is 1. The maximum atomic E-state index is 11.6. The van der Waals surface area contributed by atoms with Gasteiger partial charge in [-0.3, -0.25) is 0 Å². The second kappa shape index (κ2) is 5.50. The summed E-state index contributed by atoms with van der Waals surface area (Å²) in [5.74, 6) is 0. The third kappa shape index (κ3) is 3.18. The molecule has 0 aromatic rings. The van der Waals surface area contributed by atoms with Gasteiger partial charge >= 0.3 is 6.09 Å². The molecule has 0 aromatic heterocycles. The van der Waals surface area contributed by atoms with E-state index in [2.05, 4.69) is 13.8 Å². The number of amides is 1. The average Bonchev–Trinajstić information content (AvgIpc) is 2.33. The number of rotatable bonds is 2. The number of hydrogen-bond acceptors (Lipinski definition) is 1. The van der Waals surface area contributed by atoms with Crippen molar-refractivity contribution in [2.45, 2.75) is 83.7 Å². The Hall–Kier alpha value is -0.730. The second-order valence-electron chi connectivity index (χ2n) is 6.88. The summed E-state index contributed by atoms with van der Waals surface area (Å²) >= 11 is 0. The predicted octanol–water partition coefficient (Wildman–Crippen LogP) is 4.27. The molecule has 0 spiro atoms. The number of nitrogens with zero attached hydrogens (tertiary/aromatic N) is 1. The van der Waals surface area contributed by atoms with Gasteiger partial charge in [0, 0.05) is 12.1 Å². The van der Waals surface area contributed by atoms with Crippen LogP contribution in [0.4, 0.5) is 4.79 Å². The molecule has 2 rings (SSSR count). The van der Waals surface area contributed by atoms with Crippen LogP contribution < -0.4 is 0 Å². The van der Waals surface area contributed by atoms with Crippen LogP contribution in [0.3, 0.4) is 0 Å². The van der Waals surface area contributed by atoms with Crippen LogP contribution >= 0.6 is 0 Å². The molecular formula is C15H27NO2. The zero-order valence-corrected chi connectivity index (χ0v) is 11.8. The van der Waals surface area contributed by atoms with E-state index >= 15 is 0 Å². The Bertz CT molecular complexity index is 285. The lowest BCUT2D eigenvalue weighted by atomic mass is 9.75. The molecule has 1 N–H and O–H groups in total. The van der Waals surface area contributed by atoms with E-state index in [0.29, 0.717) is 11.5 Å². The van der Waals surface area contributed by atoms with Gasteiger partial charge in [0.15, 0.2) is 0 Å². The molecule has 0 unspecified atom stereocenters. The molecule has 1 amide bonds. The van der Waals surface area contributed by atoms with E-state index in [1.165, 1.54) is 19.3 Å². The van der Waals surface area contributed by atoms with Crippen LogP contribution in [0.25, 0.3) is 0 Å². The molecular weight excluding hydrogens is 226 g/mol. The summed E-state index contributed by atoms with van der Waals surface area (Å²) in [4.78, 5) is 13.4. The molecule has 18 heavy (non-hydrogen) atoms. The first kappa shape index (κ1) is 13.7. The van der Waals surface area contributed by atoms with Crippen LogP contribution in [-0.2, 0) is 0 Å².